The maximum absolute atomic E-state index is 13.3. The number of ketones is 1. The molecule has 40 heavy (non-hydrogen) atoms. The highest BCUT2D eigenvalue weighted by atomic mass is 16.5. The Morgan fingerprint density at radius 2 is 1.62 bits per heavy atom. The molecule has 1 saturated heterocycles. The summed E-state index contributed by atoms with van der Waals surface area (Å²) in [5, 5.41) is 11.3. The number of likely N-dealkylation sites (tertiary alicyclic amines) is 1. The van der Waals surface area contributed by atoms with Crippen molar-refractivity contribution in [2.24, 2.45) is 0 Å². The lowest BCUT2D eigenvalue weighted by Gasteiger charge is -2.24. The van der Waals surface area contributed by atoms with Crippen molar-refractivity contribution in [2.75, 3.05) is 7.11 Å². The number of rotatable bonds is 8. The summed E-state index contributed by atoms with van der Waals surface area (Å²) in [6.07, 6.45) is 1.48. The van der Waals surface area contributed by atoms with Gasteiger partial charge in [0.15, 0.2) is 0 Å². The number of furan rings is 1. The van der Waals surface area contributed by atoms with E-state index in [0.717, 1.165) is 11.1 Å². The van der Waals surface area contributed by atoms with Gasteiger partial charge < -0.3 is 23.9 Å². The zero-order valence-corrected chi connectivity index (χ0v) is 22.0. The van der Waals surface area contributed by atoms with Crippen LogP contribution in [0.15, 0.2) is 101 Å². The first kappa shape index (κ1) is 26.5. The van der Waals surface area contributed by atoms with E-state index >= 15 is 0 Å². The van der Waals surface area contributed by atoms with Crippen LogP contribution in [-0.2, 0) is 27.5 Å². The van der Waals surface area contributed by atoms with Crippen molar-refractivity contribution >= 4 is 23.4 Å². The number of amides is 1. The Kier molecular flexibility index (Phi) is 7.50. The van der Waals surface area contributed by atoms with Gasteiger partial charge in [-0.05, 0) is 72.1 Å². The lowest BCUT2D eigenvalue weighted by Crippen LogP contribution is -2.29. The topological polar surface area (TPSA) is 106 Å². The Morgan fingerprint density at radius 3 is 2.27 bits per heavy atom. The quantitative estimate of drug-likeness (QED) is 0.135. The van der Waals surface area contributed by atoms with Crippen LogP contribution in [-0.4, -0.2) is 34.8 Å². The van der Waals surface area contributed by atoms with Gasteiger partial charge in [-0.2, -0.15) is 0 Å². The van der Waals surface area contributed by atoms with Gasteiger partial charge in [-0.1, -0.05) is 36.4 Å². The van der Waals surface area contributed by atoms with E-state index < -0.39 is 23.7 Å². The van der Waals surface area contributed by atoms with Gasteiger partial charge in [0.05, 0.1) is 37.1 Å². The van der Waals surface area contributed by atoms with Gasteiger partial charge >= 0.3 is 5.97 Å². The van der Waals surface area contributed by atoms with Gasteiger partial charge in [-0.15, -0.1) is 0 Å². The normalized spacial score (nSPS) is 16.2. The SMILES string of the molecule is COC(=O)c1ccc(C2/C(=C(\O)c3ccc(OCc4ccccc4C)cc3)C(=O)C(=O)N2Cc2ccco2)cc1. The molecule has 1 unspecified atom stereocenters. The molecule has 0 bridgehead atoms. The van der Waals surface area contributed by atoms with Crippen molar-refractivity contribution in [1.29, 1.82) is 0 Å². The largest absolute Gasteiger partial charge is 0.507 e. The standard InChI is InChI=1S/C32H27NO7/c1-20-6-3-4-7-24(20)19-40-25-15-13-22(14-16-25)29(34)27-28(21-9-11-23(12-10-21)32(37)38-2)33(31(36)30(27)35)18-26-8-5-17-39-26/h3-17,28,34H,18-19H2,1-2H3/b29-27+. The maximum Gasteiger partial charge on any atom is 0.337 e. The molecule has 1 amide bonds. The van der Waals surface area contributed by atoms with E-state index in [1.807, 2.05) is 31.2 Å². The number of hydrogen-bond acceptors (Lipinski definition) is 7. The molecule has 1 fully saturated rings. The molecule has 2 heterocycles. The van der Waals surface area contributed by atoms with Crippen molar-refractivity contribution in [3.8, 4) is 5.75 Å². The zero-order valence-electron chi connectivity index (χ0n) is 22.0. The Labute approximate surface area is 231 Å². The lowest BCUT2D eigenvalue weighted by atomic mass is 9.94. The second-order valence-corrected chi connectivity index (χ2v) is 9.36. The first-order valence-electron chi connectivity index (χ1n) is 12.6. The molecule has 3 aromatic carbocycles. The number of ether oxygens (including phenoxy) is 2. The third-order valence-electron chi connectivity index (χ3n) is 6.88. The minimum absolute atomic E-state index is 0.0173. The average molecular weight is 538 g/mol. The molecular formula is C32H27NO7. The van der Waals surface area contributed by atoms with E-state index in [9.17, 15) is 19.5 Å². The maximum atomic E-state index is 13.3. The molecule has 8 heteroatoms. The fraction of sp³-hybridized carbons (Fsp3) is 0.156. The number of carbonyl (C=O) groups is 3. The van der Waals surface area contributed by atoms with Crippen molar-refractivity contribution in [1.82, 2.24) is 4.90 Å². The summed E-state index contributed by atoms with van der Waals surface area (Å²) in [7, 11) is 1.29. The number of methoxy groups -OCH3 is 1. The minimum atomic E-state index is -0.909. The molecule has 4 aromatic rings. The highest BCUT2D eigenvalue weighted by Crippen LogP contribution is 2.40. The molecule has 1 atom stereocenters. The van der Waals surface area contributed by atoms with Crippen LogP contribution >= 0.6 is 0 Å². The molecule has 5 rings (SSSR count). The molecule has 0 saturated carbocycles. The van der Waals surface area contributed by atoms with E-state index in [1.54, 1.807) is 60.7 Å². The summed E-state index contributed by atoms with van der Waals surface area (Å²) in [4.78, 5) is 39.8. The van der Waals surface area contributed by atoms with Gasteiger partial charge in [-0.25, -0.2) is 4.79 Å². The van der Waals surface area contributed by atoms with Gasteiger partial charge in [0, 0.05) is 5.56 Å². The van der Waals surface area contributed by atoms with Crippen LogP contribution in [0.2, 0.25) is 0 Å². The molecule has 0 spiro atoms. The number of aliphatic hydroxyl groups excluding tert-OH is 1. The summed E-state index contributed by atoms with van der Waals surface area (Å²) >= 11 is 0. The first-order valence-corrected chi connectivity index (χ1v) is 12.6. The van der Waals surface area contributed by atoms with Crippen molar-refractivity contribution in [3.63, 3.8) is 0 Å². The van der Waals surface area contributed by atoms with Crippen molar-refractivity contribution in [3.05, 3.63) is 130 Å². The smallest absolute Gasteiger partial charge is 0.337 e. The average Bonchev–Trinajstić information content (AvgIpc) is 3.59. The van der Waals surface area contributed by atoms with Crippen molar-refractivity contribution < 1.29 is 33.4 Å². The van der Waals surface area contributed by atoms with Crippen LogP contribution in [0.3, 0.4) is 0 Å². The van der Waals surface area contributed by atoms with E-state index in [1.165, 1.54) is 18.3 Å². The molecule has 202 valence electrons. The third-order valence-corrected chi connectivity index (χ3v) is 6.88. The lowest BCUT2D eigenvalue weighted by molar-refractivity contribution is -0.140. The molecule has 1 N–H and O–H groups in total. The van der Waals surface area contributed by atoms with E-state index in [2.05, 4.69) is 0 Å². The number of carbonyl (C=O) groups excluding carboxylic acids is 3. The number of Topliss-reactive ketones (excluding diaryl/α,β-unsaturated/α-hetero) is 1. The number of aryl methyl sites for hydroxylation is 1. The number of nitrogens with zero attached hydrogens (tertiary/aromatic N) is 1. The first-order chi connectivity index (χ1) is 19.4. The van der Waals surface area contributed by atoms with Gasteiger partial charge in [0.2, 0.25) is 0 Å². The van der Waals surface area contributed by atoms with E-state index in [0.29, 0.717) is 34.8 Å². The summed E-state index contributed by atoms with van der Waals surface area (Å²) in [6.45, 7) is 2.42. The molecule has 1 aromatic heterocycles. The summed E-state index contributed by atoms with van der Waals surface area (Å²) < 4.78 is 16.1. The van der Waals surface area contributed by atoms with Crippen LogP contribution in [0.25, 0.3) is 5.76 Å². The molecule has 1 aliphatic rings. The molecule has 1 aliphatic heterocycles. The van der Waals surface area contributed by atoms with Crippen LogP contribution < -0.4 is 4.74 Å². The summed E-state index contributed by atoms with van der Waals surface area (Å²) in [5.74, 6) is -1.33. The van der Waals surface area contributed by atoms with Gasteiger partial charge in [0.25, 0.3) is 11.7 Å². The zero-order chi connectivity index (χ0) is 28.2. The molecule has 8 nitrogen and oxygen atoms in total. The number of benzene rings is 3. The fourth-order valence-corrected chi connectivity index (χ4v) is 4.68. The highest BCUT2D eigenvalue weighted by molar-refractivity contribution is 6.46. The summed E-state index contributed by atoms with van der Waals surface area (Å²) in [6, 6.07) is 23.5. The van der Waals surface area contributed by atoms with Crippen LogP contribution in [0.1, 0.15) is 44.4 Å². The molecule has 0 aliphatic carbocycles. The van der Waals surface area contributed by atoms with Gasteiger partial charge in [-0.3, -0.25) is 9.59 Å². The number of esters is 1. The third kappa shape index (κ3) is 5.24. The van der Waals surface area contributed by atoms with E-state index in [4.69, 9.17) is 13.9 Å². The summed E-state index contributed by atoms with van der Waals surface area (Å²) in [5.41, 5.74) is 3.33. The van der Waals surface area contributed by atoms with Crippen molar-refractivity contribution in [2.45, 2.75) is 26.1 Å². The molecular weight excluding hydrogens is 510 g/mol. The Bertz CT molecular complexity index is 1570. The Balaban J connectivity index is 1.48. The Morgan fingerprint density at radius 1 is 0.925 bits per heavy atom. The highest BCUT2D eigenvalue weighted by Gasteiger charge is 2.46. The fourth-order valence-electron chi connectivity index (χ4n) is 4.68. The number of aliphatic hydroxyl groups is 1. The van der Waals surface area contributed by atoms with E-state index in [-0.39, 0.29) is 17.9 Å². The monoisotopic (exact) mass is 537 g/mol. The second kappa shape index (κ2) is 11.3. The van der Waals surface area contributed by atoms with Crippen LogP contribution in [0.4, 0.5) is 0 Å². The number of hydrogen-bond donors (Lipinski definition) is 1. The van der Waals surface area contributed by atoms with Gasteiger partial charge in [0.1, 0.15) is 23.9 Å². The minimum Gasteiger partial charge on any atom is -0.507 e. The predicted molar refractivity (Wildman–Crippen MR) is 146 cm³/mol. The second-order valence-electron chi connectivity index (χ2n) is 9.36. The predicted octanol–water partition coefficient (Wildman–Crippen LogP) is 5.58. The van der Waals surface area contributed by atoms with Crippen LogP contribution in [0.5, 0.6) is 5.75 Å². The molecule has 0 radical (unpaired) electrons. The van der Waals surface area contributed by atoms with Crippen LogP contribution in [0, 0.1) is 6.92 Å². The Hall–Kier alpha value is -5.11.